The second-order valence-electron chi connectivity index (χ2n) is 6.53. The fourth-order valence-electron chi connectivity index (χ4n) is 3.25. The van der Waals surface area contributed by atoms with Crippen molar-refractivity contribution in [3.05, 3.63) is 12.4 Å². The summed E-state index contributed by atoms with van der Waals surface area (Å²) in [4.78, 5) is 13.5. The van der Waals surface area contributed by atoms with Gasteiger partial charge >= 0.3 is 0 Å². The maximum absolute atomic E-state index is 5.52. The maximum Gasteiger partial charge on any atom is 0.134 e. The lowest BCUT2D eigenvalue weighted by atomic mass is 10.1. The Balaban J connectivity index is 1.65. The van der Waals surface area contributed by atoms with E-state index in [0.29, 0.717) is 12.1 Å². The van der Waals surface area contributed by atoms with E-state index in [1.165, 1.54) is 12.8 Å². The number of aromatic nitrogens is 2. The van der Waals surface area contributed by atoms with Gasteiger partial charge in [0.2, 0.25) is 0 Å². The highest BCUT2D eigenvalue weighted by Crippen LogP contribution is 2.22. The molecule has 1 aromatic rings. The Kier molecular flexibility index (Phi) is 5.10. The summed E-state index contributed by atoms with van der Waals surface area (Å²) in [7, 11) is 4.31. The Morgan fingerprint density at radius 2 is 2.18 bits per heavy atom. The minimum absolute atomic E-state index is 0.368. The van der Waals surface area contributed by atoms with Gasteiger partial charge in [0, 0.05) is 31.8 Å². The van der Waals surface area contributed by atoms with Gasteiger partial charge in [-0.2, -0.15) is 0 Å². The van der Waals surface area contributed by atoms with Crippen LogP contribution >= 0.6 is 0 Å². The molecule has 1 aromatic heterocycles. The van der Waals surface area contributed by atoms with Crippen molar-refractivity contribution in [3.63, 3.8) is 0 Å². The van der Waals surface area contributed by atoms with E-state index < -0.39 is 0 Å². The Morgan fingerprint density at radius 1 is 1.27 bits per heavy atom. The number of ether oxygens (including phenoxy) is 1. The van der Waals surface area contributed by atoms with E-state index in [-0.39, 0.29) is 0 Å². The molecule has 0 aromatic carbocycles. The molecule has 0 radical (unpaired) electrons. The Hall–Kier alpha value is -1.40. The van der Waals surface area contributed by atoms with Gasteiger partial charge in [0.1, 0.15) is 18.0 Å². The number of anilines is 2. The van der Waals surface area contributed by atoms with Gasteiger partial charge in [-0.25, -0.2) is 9.97 Å². The first-order chi connectivity index (χ1) is 10.7. The SMILES string of the molecule is CN(C)C1CCCN(c2cc(NC3CCCOC3)ncn2)C1. The van der Waals surface area contributed by atoms with Crippen LogP contribution in [0.4, 0.5) is 11.6 Å². The molecule has 122 valence electrons. The first kappa shape index (κ1) is 15.5. The smallest absolute Gasteiger partial charge is 0.134 e. The number of piperidine rings is 1. The van der Waals surface area contributed by atoms with Crippen molar-refractivity contribution >= 4 is 11.6 Å². The standard InChI is InChI=1S/C16H27N5O/c1-20(2)14-6-3-7-21(10-14)16-9-15(17-12-18-16)19-13-5-4-8-22-11-13/h9,12-14H,3-8,10-11H2,1-2H3,(H,17,18,19). The summed E-state index contributed by atoms with van der Waals surface area (Å²) < 4.78 is 5.52. The minimum atomic E-state index is 0.368. The van der Waals surface area contributed by atoms with E-state index >= 15 is 0 Å². The molecule has 0 bridgehead atoms. The van der Waals surface area contributed by atoms with Gasteiger partial charge in [0.05, 0.1) is 12.6 Å². The lowest BCUT2D eigenvalue weighted by molar-refractivity contribution is 0.0875. The number of nitrogens with zero attached hydrogens (tertiary/aromatic N) is 4. The van der Waals surface area contributed by atoms with Crippen LogP contribution in [0.2, 0.25) is 0 Å². The third kappa shape index (κ3) is 3.87. The van der Waals surface area contributed by atoms with Gasteiger partial charge < -0.3 is 19.9 Å². The largest absolute Gasteiger partial charge is 0.379 e. The summed E-state index contributed by atoms with van der Waals surface area (Å²) in [5, 5.41) is 3.48. The van der Waals surface area contributed by atoms with Crippen molar-refractivity contribution in [1.82, 2.24) is 14.9 Å². The van der Waals surface area contributed by atoms with Crippen LogP contribution in [0.3, 0.4) is 0 Å². The van der Waals surface area contributed by atoms with Gasteiger partial charge in [-0.1, -0.05) is 0 Å². The van der Waals surface area contributed by atoms with E-state index in [1.54, 1.807) is 6.33 Å². The van der Waals surface area contributed by atoms with Crippen LogP contribution in [0, 0.1) is 0 Å². The number of nitrogens with one attached hydrogen (secondary N) is 1. The Morgan fingerprint density at radius 3 is 2.95 bits per heavy atom. The highest BCUT2D eigenvalue weighted by Gasteiger charge is 2.23. The zero-order chi connectivity index (χ0) is 15.4. The third-order valence-corrected chi connectivity index (χ3v) is 4.62. The van der Waals surface area contributed by atoms with E-state index in [4.69, 9.17) is 4.74 Å². The van der Waals surface area contributed by atoms with Crippen LogP contribution in [-0.2, 0) is 4.74 Å². The molecule has 2 aliphatic heterocycles. The average Bonchev–Trinajstić information content (AvgIpc) is 2.56. The molecule has 0 amide bonds. The predicted molar refractivity (Wildman–Crippen MR) is 88.4 cm³/mol. The van der Waals surface area contributed by atoms with Gasteiger partial charge in [0.25, 0.3) is 0 Å². The van der Waals surface area contributed by atoms with Crippen LogP contribution in [0.15, 0.2) is 12.4 Å². The van der Waals surface area contributed by atoms with Crippen molar-refractivity contribution in [2.24, 2.45) is 0 Å². The molecular weight excluding hydrogens is 278 g/mol. The molecule has 1 N–H and O–H groups in total. The third-order valence-electron chi connectivity index (χ3n) is 4.62. The summed E-state index contributed by atoms with van der Waals surface area (Å²) in [6.07, 6.45) is 6.41. The van der Waals surface area contributed by atoms with Crippen LogP contribution < -0.4 is 10.2 Å². The van der Waals surface area contributed by atoms with Crippen LogP contribution in [0.25, 0.3) is 0 Å². The maximum atomic E-state index is 5.52. The molecule has 2 aliphatic rings. The normalized spacial score (nSPS) is 26.2. The van der Waals surface area contributed by atoms with E-state index in [1.807, 2.05) is 0 Å². The van der Waals surface area contributed by atoms with E-state index in [2.05, 4.69) is 45.2 Å². The topological polar surface area (TPSA) is 53.5 Å². The van der Waals surface area contributed by atoms with Crippen molar-refractivity contribution < 1.29 is 4.74 Å². The monoisotopic (exact) mass is 305 g/mol. The molecular formula is C16H27N5O. The highest BCUT2D eigenvalue weighted by molar-refractivity contribution is 5.49. The number of hydrogen-bond acceptors (Lipinski definition) is 6. The molecule has 3 heterocycles. The summed E-state index contributed by atoms with van der Waals surface area (Å²) in [5.74, 6) is 1.94. The van der Waals surface area contributed by atoms with Gasteiger partial charge in [-0.3, -0.25) is 0 Å². The molecule has 0 saturated carbocycles. The van der Waals surface area contributed by atoms with Gasteiger partial charge in [0.15, 0.2) is 0 Å². The molecule has 0 aliphatic carbocycles. The molecule has 6 nitrogen and oxygen atoms in total. The lowest BCUT2D eigenvalue weighted by Gasteiger charge is -2.36. The van der Waals surface area contributed by atoms with Crippen LogP contribution in [0.1, 0.15) is 25.7 Å². The summed E-state index contributed by atoms with van der Waals surface area (Å²) in [6.45, 7) is 3.77. The molecule has 2 saturated heterocycles. The second-order valence-corrected chi connectivity index (χ2v) is 6.53. The molecule has 6 heteroatoms. The zero-order valence-electron chi connectivity index (χ0n) is 13.7. The van der Waals surface area contributed by atoms with Crippen molar-refractivity contribution in [2.45, 2.75) is 37.8 Å². The fourth-order valence-corrected chi connectivity index (χ4v) is 3.25. The minimum Gasteiger partial charge on any atom is -0.379 e. The Bertz CT molecular complexity index is 475. The molecule has 3 rings (SSSR count). The molecule has 0 spiro atoms. The summed E-state index contributed by atoms with van der Waals surface area (Å²) >= 11 is 0. The van der Waals surface area contributed by atoms with Gasteiger partial charge in [-0.05, 0) is 39.8 Å². The first-order valence-corrected chi connectivity index (χ1v) is 8.30. The number of hydrogen-bond donors (Lipinski definition) is 1. The number of rotatable bonds is 4. The lowest BCUT2D eigenvalue weighted by Crippen LogP contribution is -2.45. The summed E-state index contributed by atoms with van der Waals surface area (Å²) in [5.41, 5.74) is 0. The molecule has 2 unspecified atom stereocenters. The molecule has 2 atom stereocenters. The number of likely N-dealkylation sites (N-methyl/N-ethyl adjacent to an activating group) is 1. The van der Waals surface area contributed by atoms with Crippen molar-refractivity contribution in [1.29, 1.82) is 0 Å². The average molecular weight is 305 g/mol. The van der Waals surface area contributed by atoms with Crippen molar-refractivity contribution in [3.8, 4) is 0 Å². The second kappa shape index (κ2) is 7.24. The van der Waals surface area contributed by atoms with Crippen LogP contribution in [-0.4, -0.2) is 67.4 Å². The first-order valence-electron chi connectivity index (χ1n) is 8.30. The summed E-state index contributed by atoms with van der Waals surface area (Å²) in [6, 6.07) is 3.05. The fraction of sp³-hybridized carbons (Fsp3) is 0.750. The van der Waals surface area contributed by atoms with Crippen LogP contribution in [0.5, 0.6) is 0 Å². The molecule has 22 heavy (non-hydrogen) atoms. The quantitative estimate of drug-likeness (QED) is 0.912. The van der Waals surface area contributed by atoms with Gasteiger partial charge in [-0.15, -0.1) is 0 Å². The Labute approximate surface area is 132 Å². The van der Waals surface area contributed by atoms with E-state index in [0.717, 1.165) is 50.8 Å². The molecule has 2 fully saturated rings. The highest BCUT2D eigenvalue weighted by atomic mass is 16.5. The predicted octanol–water partition coefficient (Wildman–Crippen LogP) is 1.60. The van der Waals surface area contributed by atoms with E-state index in [9.17, 15) is 0 Å². The zero-order valence-corrected chi connectivity index (χ0v) is 13.7. The van der Waals surface area contributed by atoms with Crippen molar-refractivity contribution in [2.75, 3.05) is 50.6 Å².